The van der Waals surface area contributed by atoms with Crippen molar-refractivity contribution in [2.24, 2.45) is 0 Å². The number of anilines is 1. The molecule has 3 aromatic heterocycles. The van der Waals surface area contributed by atoms with Crippen LogP contribution in [-0.4, -0.2) is 4.98 Å². The molecule has 0 saturated heterocycles. The van der Waals surface area contributed by atoms with Crippen LogP contribution in [0.2, 0.25) is 4.34 Å². The summed E-state index contributed by atoms with van der Waals surface area (Å²) < 4.78 is 6.32. The largest absolute Gasteiger partial charge is 0.467 e. The minimum atomic E-state index is -0.0644. The number of rotatable bonds is 4. The Morgan fingerprint density at radius 1 is 1.25 bits per heavy atom. The maximum absolute atomic E-state index is 6.05. The summed E-state index contributed by atoms with van der Waals surface area (Å²) in [5.74, 6) is 0.853. The van der Waals surface area contributed by atoms with Crippen molar-refractivity contribution in [1.82, 2.24) is 4.98 Å². The molecule has 0 fully saturated rings. The van der Waals surface area contributed by atoms with Crippen LogP contribution in [-0.2, 0) is 0 Å². The Bertz CT molecular complexity index is 693. The molecule has 0 amide bonds. The molecule has 20 heavy (non-hydrogen) atoms. The minimum absolute atomic E-state index is 0.0644. The van der Waals surface area contributed by atoms with E-state index in [1.807, 2.05) is 43.3 Å². The van der Waals surface area contributed by atoms with Gasteiger partial charge in [0.15, 0.2) is 0 Å². The molecule has 3 aromatic rings. The molecule has 0 aliphatic heterocycles. The number of pyridine rings is 1. The molecular formula is C15H13ClN2OS. The fourth-order valence-electron chi connectivity index (χ4n) is 2.01. The Kier molecular flexibility index (Phi) is 3.76. The first kappa shape index (κ1) is 13.2. The highest BCUT2D eigenvalue weighted by Gasteiger charge is 2.19. The maximum atomic E-state index is 6.05. The molecule has 3 rings (SSSR count). The van der Waals surface area contributed by atoms with Gasteiger partial charge in [0.2, 0.25) is 0 Å². The number of aryl methyl sites for hydroxylation is 1. The van der Waals surface area contributed by atoms with Gasteiger partial charge in [0.25, 0.3) is 0 Å². The lowest BCUT2D eigenvalue weighted by molar-refractivity contribution is 0.500. The van der Waals surface area contributed by atoms with Crippen LogP contribution in [0.3, 0.4) is 0 Å². The zero-order chi connectivity index (χ0) is 13.9. The standard InChI is InChI=1S/C15H13ClN2OS/c1-10-11(4-2-8-17-10)18-15(12-5-3-9-19-12)13-6-7-14(16)20-13/h2-9,15,18H,1H3. The van der Waals surface area contributed by atoms with Gasteiger partial charge in [-0.05, 0) is 43.3 Å². The third-order valence-corrected chi connectivity index (χ3v) is 4.31. The summed E-state index contributed by atoms with van der Waals surface area (Å²) in [6.45, 7) is 1.98. The summed E-state index contributed by atoms with van der Waals surface area (Å²) in [6, 6.07) is 11.6. The molecule has 102 valence electrons. The fraction of sp³-hybridized carbons (Fsp3) is 0.133. The summed E-state index contributed by atoms with van der Waals surface area (Å²) >= 11 is 7.59. The number of aromatic nitrogens is 1. The first-order valence-electron chi connectivity index (χ1n) is 6.21. The number of halogens is 1. The quantitative estimate of drug-likeness (QED) is 0.745. The minimum Gasteiger partial charge on any atom is -0.467 e. The number of nitrogens with zero attached hydrogens (tertiary/aromatic N) is 1. The van der Waals surface area contributed by atoms with E-state index in [1.54, 1.807) is 23.8 Å². The van der Waals surface area contributed by atoms with Crippen molar-refractivity contribution in [3.8, 4) is 0 Å². The van der Waals surface area contributed by atoms with Crippen molar-refractivity contribution in [2.45, 2.75) is 13.0 Å². The van der Waals surface area contributed by atoms with E-state index in [2.05, 4.69) is 10.3 Å². The number of hydrogen-bond donors (Lipinski definition) is 1. The van der Waals surface area contributed by atoms with Crippen molar-refractivity contribution in [1.29, 1.82) is 0 Å². The Labute approximate surface area is 126 Å². The normalized spacial score (nSPS) is 12.3. The van der Waals surface area contributed by atoms with Gasteiger partial charge in [-0.25, -0.2) is 0 Å². The van der Waals surface area contributed by atoms with Crippen molar-refractivity contribution >= 4 is 28.6 Å². The van der Waals surface area contributed by atoms with Crippen LogP contribution in [0.1, 0.15) is 22.4 Å². The Morgan fingerprint density at radius 2 is 2.15 bits per heavy atom. The molecule has 3 heterocycles. The van der Waals surface area contributed by atoms with Crippen molar-refractivity contribution < 1.29 is 4.42 Å². The van der Waals surface area contributed by atoms with Crippen LogP contribution in [0.5, 0.6) is 0 Å². The summed E-state index contributed by atoms with van der Waals surface area (Å²) in [7, 11) is 0. The van der Waals surface area contributed by atoms with Crippen molar-refractivity contribution in [2.75, 3.05) is 5.32 Å². The third kappa shape index (κ3) is 2.71. The molecule has 0 spiro atoms. The topological polar surface area (TPSA) is 38.1 Å². The Hall–Kier alpha value is -1.78. The predicted molar refractivity (Wildman–Crippen MR) is 82.5 cm³/mol. The highest BCUT2D eigenvalue weighted by molar-refractivity contribution is 7.16. The van der Waals surface area contributed by atoms with Gasteiger partial charge in [0.1, 0.15) is 11.8 Å². The molecule has 0 saturated carbocycles. The highest BCUT2D eigenvalue weighted by atomic mass is 35.5. The van der Waals surface area contributed by atoms with E-state index in [9.17, 15) is 0 Å². The van der Waals surface area contributed by atoms with Crippen LogP contribution in [0.15, 0.2) is 53.3 Å². The summed E-state index contributed by atoms with van der Waals surface area (Å²) in [5, 5.41) is 3.47. The summed E-state index contributed by atoms with van der Waals surface area (Å²) in [5.41, 5.74) is 1.94. The Balaban J connectivity index is 1.97. The van der Waals surface area contributed by atoms with E-state index in [4.69, 9.17) is 16.0 Å². The average molecular weight is 305 g/mol. The second-order valence-corrected chi connectivity index (χ2v) is 6.12. The first-order valence-corrected chi connectivity index (χ1v) is 7.40. The van der Waals surface area contributed by atoms with Gasteiger partial charge < -0.3 is 9.73 Å². The number of nitrogens with one attached hydrogen (secondary N) is 1. The zero-order valence-electron chi connectivity index (χ0n) is 10.8. The van der Waals surface area contributed by atoms with Crippen LogP contribution < -0.4 is 5.32 Å². The first-order chi connectivity index (χ1) is 9.74. The second kappa shape index (κ2) is 5.69. The molecular weight excluding hydrogens is 292 g/mol. The van der Waals surface area contributed by atoms with E-state index >= 15 is 0 Å². The average Bonchev–Trinajstić information content (AvgIpc) is 3.09. The molecule has 0 radical (unpaired) electrons. The molecule has 3 nitrogen and oxygen atoms in total. The van der Waals surface area contributed by atoms with E-state index in [1.165, 1.54) is 0 Å². The fourth-order valence-corrected chi connectivity index (χ4v) is 3.13. The third-order valence-electron chi connectivity index (χ3n) is 3.01. The SMILES string of the molecule is Cc1ncccc1NC(c1ccco1)c1ccc(Cl)s1. The molecule has 1 unspecified atom stereocenters. The molecule has 1 atom stereocenters. The molecule has 0 aromatic carbocycles. The summed E-state index contributed by atoms with van der Waals surface area (Å²) in [6.07, 6.45) is 3.46. The van der Waals surface area contributed by atoms with Gasteiger partial charge in [-0.1, -0.05) is 11.6 Å². The number of thiophene rings is 1. The van der Waals surface area contributed by atoms with Gasteiger partial charge >= 0.3 is 0 Å². The van der Waals surface area contributed by atoms with Crippen molar-refractivity contribution in [3.05, 3.63) is 69.5 Å². The van der Waals surface area contributed by atoms with Gasteiger partial charge in [-0.2, -0.15) is 0 Å². The summed E-state index contributed by atoms with van der Waals surface area (Å²) in [4.78, 5) is 5.40. The maximum Gasteiger partial charge on any atom is 0.131 e. The molecule has 1 N–H and O–H groups in total. The second-order valence-electron chi connectivity index (χ2n) is 4.37. The van der Waals surface area contributed by atoms with Crippen LogP contribution >= 0.6 is 22.9 Å². The number of hydrogen-bond acceptors (Lipinski definition) is 4. The zero-order valence-corrected chi connectivity index (χ0v) is 12.4. The molecule has 5 heteroatoms. The van der Waals surface area contributed by atoms with Gasteiger partial charge in [0.05, 0.1) is 22.0 Å². The highest BCUT2D eigenvalue weighted by Crippen LogP contribution is 2.34. The van der Waals surface area contributed by atoms with E-state index < -0.39 is 0 Å². The van der Waals surface area contributed by atoms with Crippen molar-refractivity contribution in [3.63, 3.8) is 0 Å². The van der Waals surface area contributed by atoms with Gasteiger partial charge in [-0.3, -0.25) is 4.98 Å². The van der Waals surface area contributed by atoms with Gasteiger partial charge in [-0.15, -0.1) is 11.3 Å². The molecule has 0 aliphatic carbocycles. The van der Waals surface area contributed by atoms with Crippen LogP contribution in [0.25, 0.3) is 0 Å². The lowest BCUT2D eigenvalue weighted by Gasteiger charge is -2.17. The smallest absolute Gasteiger partial charge is 0.131 e. The molecule has 0 bridgehead atoms. The monoisotopic (exact) mass is 304 g/mol. The lowest BCUT2D eigenvalue weighted by Crippen LogP contribution is -2.11. The van der Waals surface area contributed by atoms with E-state index in [0.717, 1.165) is 26.4 Å². The Morgan fingerprint density at radius 3 is 2.80 bits per heavy atom. The number of furan rings is 1. The molecule has 0 aliphatic rings. The van der Waals surface area contributed by atoms with E-state index in [0.29, 0.717) is 0 Å². The van der Waals surface area contributed by atoms with Crippen LogP contribution in [0, 0.1) is 6.92 Å². The predicted octanol–water partition coefficient (Wildman–Crippen LogP) is 4.90. The lowest BCUT2D eigenvalue weighted by atomic mass is 10.1. The van der Waals surface area contributed by atoms with Gasteiger partial charge in [0, 0.05) is 11.1 Å². The van der Waals surface area contributed by atoms with Crippen LogP contribution in [0.4, 0.5) is 5.69 Å². The van der Waals surface area contributed by atoms with E-state index in [-0.39, 0.29) is 6.04 Å².